The highest BCUT2D eigenvalue weighted by atomic mass is 16.2. The molecule has 5 heteroatoms. The van der Waals surface area contributed by atoms with E-state index in [0.29, 0.717) is 35.5 Å². The van der Waals surface area contributed by atoms with E-state index in [2.05, 4.69) is 11.4 Å². The van der Waals surface area contributed by atoms with Crippen LogP contribution in [0.2, 0.25) is 0 Å². The Hall–Kier alpha value is -3.65. The minimum absolute atomic E-state index is 0.0324. The van der Waals surface area contributed by atoms with E-state index < -0.39 is 0 Å². The Morgan fingerprint density at radius 3 is 2.44 bits per heavy atom. The van der Waals surface area contributed by atoms with E-state index in [1.54, 1.807) is 42.5 Å². The zero-order valence-corrected chi connectivity index (χ0v) is 14.6. The van der Waals surface area contributed by atoms with Crippen LogP contribution in [0.4, 0.5) is 5.69 Å². The summed E-state index contributed by atoms with van der Waals surface area (Å²) in [5.41, 5.74) is 3.32. The number of benzene rings is 2. The minimum atomic E-state index is -0.294. The lowest BCUT2D eigenvalue weighted by Crippen LogP contribution is -2.19. The predicted octanol–water partition coefficient (Wildman–Crippen LogP) is 3.72. The molecule has 0 saturated carbocycles. The largest absolute Gasteiger partial charge is 0.341 e. The molecule has 0 radical (unpaired) electrons. The van der Waals surface area contributed by atoms with Gasteiger partial charge in [0.05, 0.1) is 23.2 Å². The molecule has 3 aromatic rings. The van der Waals surface area contributed by atoms with Crippen molar-refractivity contribution in [3.63, 3.8) is 0 Å². The van der Waals surface area contributed by atoms with Crippen molar-refractivity contribution in [1.29, 1.82) is 5.26 Å². The van der Waals surface area contributed by atoms with Crippen molar-refractivity contribution in [2.45, 2.75) is 18.9 Å². The number of carbonyl (C=O) groups excluding carboxylic acids is 2. The molecule has 2 heterocycles. The average Bonchev–Trinajstić information content (AvgIpc) is 3.31. The molecule has 0 aliphatic carbocycles. The van der Waals surface area contributed by atoms with Gasteiger partial charge in [-0.1, -0.05) is 30.3 Å². The first-order chi connectivity index (χ1) is 13.2. The van der Waals surface area contributed by atoms with Crippen molar-refractivity contribution >= 4 is 17.4 Å². The van der Waals surface area contributed by atoms with E-state index >= 15 is 0 Å². The van der Waals surface area contributed by atoms with Crippen LogP contribution in [0.25, 0.3) is 0 Å². The number of nitriles is 1. The van der Waals surface area contributed by atoms with Crippen molar-refractivity contribution in [3.05, 3.63) is 89.2 Å². The van der Waals surface area contributed by atoms with Crippen LogP contribution in [0.15, 0.2) is 66.7 Å². The van der Waals surface area contributed by atoms with Gasteiger partial charge < -0.3 is 9.88 Å². The summed E-state index contributed by atoms with van der Waals surface area (Å²) in [5.74, 6) is -0.428. The zero-order valence-electron chi connectivity index (χ0n) is 14.6. The number of ketones is 1. The number of nitrogens with one attached hydrogen (secondary N) is 1. The van der Waals surface area contributed by atoms with Gasteiger partial charge in [0.1, 0.15) is 0 Å². The van der Waals surface area contributed by atoms with Gasteiger partial charge in [0.2, 0.25) is 11.7 Å². The summed E-state index contributed by atoms with van der Waals surface area (Å²) >= 11 is 0. The third-order valence-electron chi connectivity index (χ3n) is 4.88. The van der Waals surface area contributed by atoms with Crippen molar-refractivity contribution in [2.75, 3.05) is 5.32 Å². The van der Waals surface area contributed by atoms with Gasteiger partial charge >= 0.3 is 0 Å². The maximum absolute atomic E-state index is 12.7. The summed E-state index contributed by atoms with van der Waals surface area (Å²) in [7, 11) is 0. The van der Waals surface area contributed by atoms with Crippen LogP contribution < -0.4 is 5.32 Å². The Kier molecular flexibility index (Phi) is 4.31. The fraction of sp³-hybridized carbons (Fsp3) is 0.136. The van der Waals surface area contributed by atoms with Gasteiger partial charge in [0.15, 0.2) is 0 Å². The van der Waals surface area contributed by atoms with Crippen molar-refractivity contribution in [2.24, 2.45) is 0 Å². The lowest BCUT2D eigenvalue weighted by Gasteiger charge is -2.11. The Morgan fingerprint density at radius 2 is 1.74 bits per heavy atom. The number of fused-ring (bicyclic) bond motifs is 1. The molecule has 0 fully saturated rings. The highest BCUT2D eigenvalue weighted by Gasteiger charge is 2.31. The number of nitrogens with zero attached hydrogens (tertiary/aromatic N) is 2. The molecule has 0 unspecified atom stereocenters. The van der Waals surface area contributed by atoms with E-state index in [1.165, 1.54) is 0 Å². The standard InChI is InChI=1S/C22H17N3O2/c23-14-15-6-8-17(9-7-15)24-22(27)18-12-13-25-19(18)10-11-20(25)21(26)16-4-2-1-3-5-16/h1-11,18H,12-13H2,(H,24,27)/t18-/m1/s1. The van der Waals surface area contributed by atoms with Crippen LogP contribution in [0.5, 0.6) is 0 Å². The van der Waals surface area contributed by atoms with E-state index in [0.717, 1.165) is 5.69 Å². The molecule has 2 aromatic carbocycles. The van der Waals surface area contributed by atoms with Crippen LogP contribution in [-0.4, -0.2) is 16.3 Å². The SMILES string of the molecule is N#Cc1ccc(NC(=O)[C@@H]2CCn3c(C(=O)c4ccccc4)ccc32)cc1. The van der Waals surface area contributed by atoms with Crippen molar-refractivity contribution in [1.82, 2.24) is 4.57 Å². The second kappa shape index (κ2) is 6.93. The third kappa shape index (κ3) is 3.13. The molecule has 1 aromatic heterocycles. The fourth-order valence-electron chi connectivity index (χ4n) is 3.50. The Morgan fingerprint density at radius 1 is 1.00 bits per heavy atom. The summed E-state index contributed by atoms with van der Waals surface area (Å²) in [4.78, 5) is 25.5. The highest BCUT2D eigenvalue weighted by molar-refractivity contribution is 6.08. The van der Waals surface area contributed by atoms with Crippen LogP contribution >= 0.6 is 0 Å². The monoisotopic (exact) mass is 355 g/mol. The molecule has 27 heavy (non-hydrogen) atoms. The summed E-state index contributed by atoms with van der Waals surface area (Å²) in [6.45, 7) is 0.641. The van der Waals surface area contributed by atoms with E-state index in [9.17, 15) is 9.59 Å². The first-order valence-electron chi connectivity index (χ1n) is 8.77. The van der Waals surface area contributed by atoms with E-state index in [1.807, 2.05) is 28.8 Å². The minimum Gasteiger partial charge on any atom is -0.341 e. The third-order valence-corrected chi connectivity index (χ3v) is 4.88. The first-order valence-corrected chi connectivity index (χ1v) is 8.77. The molecule has 1 aliphatic heterocycles. The Bertz CT molecular complexity index is 1040. The summed E-state index contributed by atoms with van der Waals surface area (Å²) in [5, 5.41) is 11.8. The van der Waals surface area contributed by atoms with Crippen LogP contribution in [0.3, 0.4) is 0 Å². The van der Waals surface area contributed by atoms with Gasteiger partial charge in [0, 0.05) is 23.5 Å². The molecule has 1 N–H and O–H groups in total. The lowest BCUT2D eigenvalue weighted by atomic mass is 10.0. The maximum Gasteiger partial charge on any atom is 0.233 e. The molecule has 1 atom stereocenters. The highest BCUT2D eigenvalue weighted by Crippen LogP contribution is 2.32. The molecular formula is C22H17N3O2. The van der Waals surface area contributed by atoms with Crippen LogP contribution in [-0.2, 0) is 11.3 Å². The second-order valence-corrected chi connectivity index (χ2v) is 6.51. The summed E-state index contributed by atoms with van der Waals surface area (Å²) in [6.07, 6.45) is 0.660. The Labute approximate surface area is 156 Å². The van der Waals surface area contributed by atoms with Gasteiger partial charge in [-0.15, -0.1) is 0 Å². The van der Waals surface area contributed by atoms with Gasteiger partial charge in [-0.3, -0.25) is 9.59 Å². The molecule has 5 nitrogen and oxygen atoms in total. The molecule has 132 valence electrons. The number of carbonyl (C=O) groups is 2. The molecule has 0 saturated heterocycles. The van der Waals surface area contributed by atoms with E-state index in [4.69, 9.17) is 5.26 Å². The smallest absolute Gasteiger partial charge is 0.233 e. The van der Waals surface area contributed by atoms with Crippen LogP contribution in [0.1, 0.15) is 39.6 Å². The number of anilines is 1. The topological polar surface area (TPSA) is 74.9 Å². The second-order valence-electron chi connectivity index (χ2n) is 6.51. The molecule has 0 bridgehead atoms. The average molecular weight is 355 g/mol. The van der Waals surface area contributed by atoms with Gasteiger partial charge in [-0.05, 0) is 42.8 Å². The zero-order chi connectivity index (χ0) is 18.8. The molecule has 4 rings (SSSR count). The van der Waals surface area contributed by atoms with Crippen LogP contribution in [0, 0.1) is 11.3 Å². The Balaban J connectivity index is 1.54. The van der Waals surface area contributed by atoms with Gasteiger partial charge in [0.25, 0.3) is 0 Å². The summed E-state index contributed by atoms with van der Waals surface area (Å²) < 4.78 is 1.94. The van der Waals surface area contributed by atoms with Crippen molar-refractivity contribution in [3.8, 4) is 6.07 Å². The summed E-state index contributed by atoms with van der Waals surface area (Å²) in [6, 6.07) is 21.7. The molecule has 1 aliphatic rings. The van der Waals surface area contributed by atoms with Gasteiger partial charge in [-0.25, -0.2) is 0 Å². The quantitative estimate of drug-likeness (QED) is 0.725. The number of aromatic nitrogens is 1. The fourth-order valence-corrected chi connectivity index (χ4v) is 3.50. The first kappa shape index (κ1) is 16.8. The molecule has 0 spiro atoms. The number of hydrogen-bond acceptors (Lipinski definition) is 3. The predicted molar refractivity (Wildman–Crippen MR) is 101 cm³/mol. The number of rotatable bonds is 4. The van der Waals surface area contributed by atoms with Crippen molar-refractivity contribution < 1.29 is 9.59 Å². The van der Waals surface area contributed by atoms with Gasteiger partial charge in [-0.2, -0.15) is 5.26 Å². The van der Waals surface area contributed by atoms with E-state index in [-0.39, 0.29) is 17.6 Å². The number of amides is 1. The maximum atomic E-state index is 12.7. The molecule has 1 amide bonds. The molecular weight excluding hydrogens is 338 g/mol. The number of hydrogen-bond donors (Lipinski definition) is 1. The lowest BCUT2D eigenvalue weighted by molar-refractivity contribution is -0.117. The normalized spacial score (nSPS) is 15.0.